The van der Waals surface area contributed by atoms with Gasteiger partial charge in [0.15, 0.2) is 11.4 Å². The second kappa shape index (κ2) is 21.8. The number of piperazine rings is 1. The van der Waals surface area contributed by atoms with Crippen LogP contribution in [0.3, 0.4) is 0 Å². The summed E-state index contributed by atoms with van der Waals surface area (Å²) in [5, 5.41) is 16.7. The molecule has 83 heavy (non-hydrogen) atoms. The van der Waals surface area contributed by atoms with Gasteiger partial charge in [-0.1, -0.05) is 18.2 Å². The fourth-order valence-corrected chi connectivity index (χ4v) is 15.5. The number of ether oxygens (including phenoxy) is 6. The third kappa shape index (κ3) is 10.2. The minimum atomic E-state index is -4.72. The summed E-state index contributed by atoms with van der Waals surface area (Å²) in [7, 11) is -4.72. The van der Waals surface area contributed by atoms with Crippen molar-refractivity contribution < 1.29 is 46.6 Å². The zero-order valence-electron chi connectivity index (χ0n) is 46.7. The maximum Gasteiger partial charge on any atom is 0.297 e. The van der Waals surface area contributed by atoms with Crippen LogP contribution >= 0.6 is 0 Å². The molecule has 5 atom stereocenters. The number of carbonyl (C=O) groups excluding carboxylic acids is 1. The largest absolute Gasteiger partial charge is 0.491 e. The molecule has 0 radical (unpaired) electrons. The molecule has 3 aromatic carbocycles. The molecule has 21 nitrogen and oxygen atoms in total. The Morgan fingerprint density at radius 1 is 0.892 bits per heavy atom. The van der Waals surface area contributed by atoms with Crippen LogP contribution in [0, 0.1) is 21.4 Å². The van der Waals surface area contributed by atoms with Crippen molar-refractivity contribution in [3.05, 3.63) is 124 Å². The van der Waals surface area contributed by atoms with E-state index in [0.29, 0.717) is 68.4 Å². The number of aromatic amines is 1. The number of piperidine rings is 1. The Morgan fingerprint density at radius 3 is 2.55 bits per heavy atom. The Hall–Kier alpha value is -7.08. The molecular weight excluding hydrogens is 1080 g/mol. The van der Waals surface area contributed by atoms with Crippen LogP contribution in [-0.2, 0) is 30.8 Å². The molecule has 4 saturated heterocycles. The van der Waals surface area contributed by atoms with E-state index in [9.17, 15) is 23.3 Å². The normalized spacial score (nSPS) is 24.8. The van der Waals surface area contributed by atoms with Crippen LogP contribution in [0.15, 0.2) is 96.3 Å². The maximum atomic E-state index is 15.0. The Morgan fingerprint density at radius 2 is 1.72 bits per heavy atom. The van der Waals surface area contributed by atoms with E-state index in [1.165, 1.54) is 22.8 Å². The predicted molar refractivity (Wildman–Crippen MR) is 309 cm³/mol. The summed E-state index contributed by atoms with van der Waals surface area (Å²) in [5.74, 6) is 0.574. The molecule has 1 aliphatic carbocycles. The summed E-state index contributed by atoms with van der Waals surface area (Å²) in [6, 6.07) is 22.5. The van der Waals surface area contributed by atoms with Gasteiger partial charge in [-0.25, -0.2) is 13.1 Å². The second-order valence-corrected chi connectivity index (χ2v) is 25.7. The third-order valence-corrected chi connectivity index (χ3v) is 20.1. The standard InChI is InChI=1S/C61H70N10O11S/c1-37(2)81-54-6-4-3-5-44(54)52-32-68(53-35-79-33-40-9-16-62-31-46(40)53)20-21-69(52)42-29-61(30-42)14-18-67(19-15-61)41-7-8-45(49(26-41)70-48-13-24-78-36-56(48)82-60-51(70)25-39-10-17-63-58(39)65-60)59(72)66-83(75,76)43-27-50(71(73)74)57-55(28-43)80-34-47(64-57)38-11-22-77-23-12-38/h3-10,16-17,25-28,31,37-38,42,47-48,52-53,56,64H,11-15,18-24,29-30,32-36H2,1-2H3,(H,63,65)(H,66,72)/t47-,48-,52-,53+,56-/m0/s1. The highest BCUT2D eigenvalue weighted by Gasteiger charge is 2.51. The average molecular weight is 1150 g/mol. The molecule has 1 amide bonds. The van der Waals surface area contributed by atoms with Gasteiger partial charge in [0.2, 0.25) is 5.88 Å². The van der Waals surface area contributed by atoms with Crippen molar-refractivity contribution in [3.8, 4) is 17.4 Å². The highest BCUT2D eigenvalue weighted by Crippen LogP contribution is 2.55. The first-order valence-corrected chi connectivity index (χ1v) is 30.9. The molecular formula is C61H70N10O11S. The van der Waals surface area contributed by atoms with E-state index >= 15 is 0 Å². The van der Waals surface area contributed by atoms with Gasteiger partial charge < -0.3 is 48.5 Å². The molecule has 1 saturated carbocycles. The molecule has 22 heteroatoms. The number of nitrogens with zero attached hydrogens (tertiary/aromatic N) is 7. The van der Waals surface area contributed by atoms with Crippen molar-refractivity contribution in [2.45, 2.75) is 113 Å². The lowest BCUT2D eigenvalue weighted by Gasteiger charge is -2.58. The summed E-state index contributed by atoms with van der Waals surface area (Å²) in [4.78, 5) is 48.9. The third-order valence-electron chi connectivity index (χ3n) is 18.8. The summed E-state index contributed by atoms with van der Waals surface area (Å²) in [6.07, 6.45) is 11.5. The highest BCUT2D eigenvalue weighted by molar-refractivity contribution is 7.90. The predicted octanol–water partition coefficient (Wildman–Crippen LogP) is 8.44. The van der Waals surface area contributed by atoms with E-state index in [1.807, 2.05) is 42.9 Å². The zero-order valence-corrected chi connectivity index (χ0v) is 47.6. The Balaban J connectivity index is 0.740. The van der Waals surface area contributed by atoms with Crippen LogP contribution in [0.5, 0.6) is 17.4 Å². The van der Waals surface area contributed by atoms with E-state index < -0.39 is 37.5 Å². The first kappa shape index (κ1) is 53.9. The number of amides is 1. The number of hydrogen-bond donors (Lipinski definition) is 3. The average Bonchev–Trinajstić information content (AvgIpc) is 4.15. The van der Waals surface area contributed by atoms with Crippen LogP contribution in [0.25, 0.3) is 11.0 Å². The van der Waals surface area contributed by atoms with Crippen LogP contribution in [-0.4, -0.2) is 147 Å². The first-order valence-electron chi connectivity index (χ1n) is 29.4. The lowest BCUT2D eigenvalue weighted by molar-refractivity contribution is -0.384. The van der Waals surface area contributed by atoms with Gasteiger partial charge in [-0.05, 0) is 124 Å². The molecule has 5 fully saturated rings. The number of aromatic nitrogens is 3. The van der Waals surface area contributed by atoms with E-state index in [2.05, 4.69) is 83.8 Å². The molecule has 0 unspecified atom stereocenters. The monoisotopic (exact) mass is 1150 g/mol. The van der Waals surface area contributed by atoms with E-state index in [-0.39, 0.29) is 71.8 Å². The summed E-state index contributed by atoms with van der Waals surface area (Å²) >= 11 is 0. The van der Waals surface area contributed by atoms with Crippen LogP contribution in [0.4, 0.5) is 28.4 Å². The van der Waals surface area contributed by atoms with Crippen LogP contribution < -0.4 is 34.0 Å². The van der Waals surface area contributed by atoms with Crippen molar-refractivity contribution in [2.75, 3.05) is 87.5 Å². The lowest BCUT2D eigenvalue weighted by atomic mass is 9.59. The Labute approximate surface area is 482 Å². The van der Waals surface area contributed by atoms with E-state index in [4.69, 9.17) is 33.4 Å². The second-order valence-electron chi connectivity index (χ2n) is 24.0. The number of benzene rings is 3. The number of rotatable bonds is 12. The topological polar surface area (TPSA) is 228 Å². The summed E-state index contributed by atoms with van der Waals surface area (Å²) in [5.41, 5.74) is 6.22. The van der Waals surface area contributed by atoms with Crippen molar-refractivity contribution in [2.24, 2.45) is 11.3 Å². The van der Waals surface area contributed by atoms with Gasteiger partial charge in [0.05, 0.1) is 71.2 Å². The molecule has 3 N–H and O–H groups in total. The van der Waals surface area contributed by atoms with E-state index in [0.717, 1.165) is 94.1 Å². The summed E-state index contributed by atoms with van der Waals surface area (Å²) < 4.78 is 68.1. The molecule has 436 valence electrons. The highest BCUT2D eigenvalue weighted by atomic mass is 32.2. The number of H-pyrrole nitrogens is 1. The number of para-hydroxylation sites is 1. The molecule has 10 heterocycles. The summed E-state index contributed by atoms with van der Waals surface area (Å²) in [6.45, 7) is 11.8. The molecule has 8 aliphatic rings. The molecule has 14 rings (SSSR count). The van der Waals surface area contributed by atoms with Crippen molar-refractivity contribution in [3.63, 3.8) is 0 Å². The zero-order chi connectivity index (χ0) is 56.6. The van der Waals surface area contributed by atoms with Crippen molar-refractivity contribution in [1.82, 2.24) is 29.5 Å². The number of hydrogen-bond acceptors (Lipinski definition) is 18. The number of nitro benzene ring substituents is 1. The van der Waals surface area contributed by atoms with Gasteiger partial charge in [0.1, 0.15) is 29.8 Å². The first-order chi connectivity index (χ1) is 40.3. The van der Waals surface area contributed by atoms with Gasteiger partial charge >= 0.3 is 0 Å². The van der Waals surface area contributed by atoms with E-state index in [1.54, 1.807) is 6.07 Å². The quantitative estimate of drug-likeness (QED) is 0.0771. The van der Waals surface area contributed by atoms with Gasteiger partial charge in [0.25, 0.3) is 21.6 Å². The van der Waals surface area contributed by atoms with Crippen LogP contribution in [0.1, 0.15) is 97.9 Å². The molecule has 1 spiro atoms. The molecule has 7 aliphatic heterocycles. The van der Waals surface area contributed by atoms with Crippen LogP contribution in [0.2, 0.25) is 0 Å². The molecule has 6 aromatic rings. The van der Waals surface area contributed by atoms with Crippen molar-refractivity contribution >= 4 is 55.4 Å². The smallest absolute Gasteiger partial charge is 0.297 e. The SMILES string of the molecule is CC(C)Oc1ccccc1[C@@H]1CN([C@@H]2COCc3ccncc32)CCN1C1CC2(CCN(c3ccc(C(=O)NS(=O)(=O)c4cc5c(c([N+](=O)[O-])c4)N[C@H](C4CCOCC4)CO5)c(N4c5cc6cc[nH]c6nc5O[C@H]5COCC[C@@H]54)c3)CC2)C1. The van der Waals surface area contributed by atoms with Crippen molar-refractivity contribution in [1.29, 1.82) is 0 Å². The number of fused-ring (bicyclic) bond motifs is 5. The number of nitrogens with one attached hydrogen (secondary N) is 3. The number of pyridine rings is 2. The molecule has 3 aromatic heterocycles. The van der Waals surface area contributed by atoms with Gasteiger partial charge in [0, 0.05) is 106 Å². The fourth-order valence-electron chi connectivity index (χ4n) is 14.5. The minimum absolute atomic E-state index is 0.0239. The van der Waals surface area contributed by atoms with Gasteiger partial charge in [-0.2, -0.15) is 4.98 Å². The Kier molecular flexibility index (Phi) is 14.2. The fraction of sp³-hybridized carbons (Fsp3) is 0.492. The minimum Gasteiger partial charge on any atom is -0.491 e. The molecule has 0 bridgehead atoms. The number of sulfonamides is 1. The van der Waals surface area contributed by atoms with Gasteiger partial charge in [-0.3, -0.25) is 29.7 Å². The maximum absolute atomic E-state index is 15.0. The number of carbonyl (C=O) groups is 1. The van der Waals surface area contributed by atoms with Gasteiger partial charge in [-0.15, -0.1) is 0 Å². The number of nitro groups is 1. The lowest BCUT2D eigenvalue weighted by Crippen LogP contribution is -2.60. The number of anilines is 4. The Bertz CT molecular complexity index is 3560.